The molecule has 0 aliphatic heterocycles. The molecule has 1 amide bonds. The molecular formula is C11H18N4O2. The first kappa shape index (κ1) is 13.4. The fourth-order valence-corrected chi connectivity index (χ4v) is 1.31. The molecule has 0 saturated heterocycles. The van der Waals surface area contributed by atoms with Gasteiger partial charge in [0, 0.05) is 14.2 Å². The van der Waals surface area contributed by atoms with Crippen LogP contribution in [0.1, 0.15) is 23.8 Å². The van der Waals surface area contributed by atoms with Crippen molar-refractivity contribution < 1.29 is 9.53 Å². The minimum Gasteiger partial charge on any atom is -0.383 e. The number of anilines is 1. The van der Waals surface area contributed by atoms with Crippen LogP contribution < -0.4 is 10.6 Å². The van der Waals surface area contributed by atoms with Gasteiger partial charge in [0.1, 0.15) is 5.82 Å². The maximum atomic E-state index is 11.8. The fourth-order valence-electron chi connectivity index (χ4n) is 1.31. The van der Waals surface area contributed by atoms with Crippen LogP contribution in [0.25, 0.3) is 0 Å². The Hall–Kier alpha value is -1.69. The Morgan fingerprint density at radius 3 is 2.71 bits per heavy atom. The summed E-state index contributed by atoms with van der Waals surface area (Å²) in [5.74, 6) is 0.398. The zero-order valence-corrected chi connectivity index (χ0v) is 10.4. The molecule has 1 rings (SSSR count). The zero-order valence-electron chi connectivity index (χ0n) is 10.4. The van der Waals surface area contributed by atoms with E-state index in [1.807, 2.05) is 6.92 Å². The quantitative estimate of drug-likeness (QED) is 0.762. The maximum Gasteiger partial charge on any atom is 0.272 e. The Kier molecular flexibility index (Phi) is 5.35. The first-order chi connectivity index (χ1) is 8.21. The van der Waals surface area contributed by atoms with Gasteiger partial charge in [-0.2, -0.15) is 0 Å². The second-order valence-corrected chi connectivity index (χ2v) is 3.59. The molecule has 0 saturated carbocycles. The van der Waals surface area contributed by atoms with E-state index in [9.17, 15) is 4.79 Å². The number of ether oxygens (including phenoxy) is 1. The lowest BCUT2D eigenvalue weighted by Crippen LogP contribution is -2.38. The van der Waals surface area contributed by atoms with E-state index in [-0.39, 0.29) is 11.9 Å². The summed E-state index contributed by atoms with van der Waals surface area (Å²) in [5.41, 5.74) is 0.304. The summed E-state index contributed by atoms with van der Waals surface area (Å²) in [6, 6.07) is 3.34. The van der Waals surface area contributed by atoms with Crippen LogP contribution in [0.2, 0.25) is 0 Å². The van der Waals surface area contributed by atoms with Crippen molar-refractivity contribution in [3.63, 3.8) is 0 Å². The molecule has 0 radical (unpaired) electrons. The van der Waals surface area contributed by atoms with Crippen LogP contribution in [0, 0.1) is 0 Å². The molecule has 0 fully saturated rings. The van der Waals surface area contributed by atoms with Gasteiger partial charge in [0.05, 0.1) is 12.6 Å². The standard InChI is InChI=1S/C11H18N4O2/c1-4-8(7-17-3)13-11(16)9-5-6-10(12-2)15-14-9/h5-6,8H,4,7H2,1-3H3,(H,12,15)(H,13,16). The number of carbonyl (C=O) groups is 1. The topological polar surface area (TPSA) is 76.1 Å². The van der Waals surface area contributed by atoms with Crippen molar-refractivity contribution >= 4 is 11.7 Å². The van der Waals surface area contributed by atoms with Crippen LogP contribution in [0.4, 0.5) is 5.82 Å². The SMILES string of the molecule is CCC(COC)NC(=O)c1ccc(NC)nn1. The predicted molar refractivity (Wildman–Crippen MR) is 65.0 cm³/mol. The molecular weight excluding hydrogens is 220 g/mol. The van der Waals surface area contributed by atoms with Gasteiger partial charge >= 0.3 is 0 Å². The molecule has 1 aromatic rings. The molecule has 0 aliphatic rings. The zero-order chi connectivity index (χ0) is 12.7. The molecule has 1 heterocycles. The molecule has 6 nitrogen and oxygen atoms in total. The van der Waals surface area contributed by atoms with Gasteiger partial charge in [0.2, 0.25) is 0 Å². The number of methoxy groups -OCH3 is 1. The van der Waals surface area contributed by atoms with Gasteiger partial charge in [-0.1, -0.05) is 6.92 Å². The molecule has 6 heteroatoms. The smallest absolute Gasteiger partial charge is 0.272 e. The Morgan fingerprint density at radius 2 is 2.24 bits per heavy atom. The van der Waals surface area contributed by atoms with Crippen LogP contribution in [0.3, 0.4) is 0 Å². The molecule has 1 aromatic heterocycles. The summed E-state index contributed by atoms with van der Waals surface area (Å²) in [6.45, 7) is 2.48. The third-order valence-electron chi connectivity index (χ3n) is 2.35. The summed E-state index contributed by atoms with van der Waals surface area (Å²) in [6.07, 6.45) is 0.807. The number of rotatable bonds is 6. The van der Waals surface area contributed by atoms with Gasteiger partial charge in [0.25, 0.3) is 5.91 Å². The second kappa shape index (κ2) is 6.80. The van der Waals surface area contributed by atoms with Gasteiger partial charge in [0.15, 0.2) is 5.69 Å². The number of aromatic nitrogens is 2. The first-order valence-corrected chi connectivity index (χ1v) is 5.52. The van der Waals surface area contributed by atoms with Crippen molar-refractivity contribution in [3.05, 3.63) is 17.8 Å². The van der Waals surface area contributed by atoms with Gasteiger partial charge in [-0.05, 0) is 18.6 Å². The first-order valence-electron chi connectivity index (χ1n) is 5.52. The average Bonchev–Trinajstić information content (AvgIpc) is 2.38. The number of nitrogens with one attached hydrogen (secondary N) is 2. The van der Waals surface area contributed by atoms with Crippen LogP contribution in [0.15, 0.2) is 12.1 Å². The number of carbonyl (C=O) groups excluding carboxylic acids is 1. The largest absolute Gasteiger partial charge is 0.383 e. The van der Waals surface area contributed by atoms with Gasteiger partial charge in [-0.15, -0.1) is 10.2 Å². The molecule has 94 valence electrons. The normalized spacial score (nSPS) is 11.9. The van der Waals surface area contributed by atoms with E-state index in [2.05, 4.69) is 20.8 Å². The maximum absolute atomic E-state index is 11.8. The van der Waals surface area contributed by atoms with Crippen LogP contribution in [-0.4, -0.2) is 42.9 Å². The van der Waals surface area contributed by atoms with Crippen molar-refractivity contribution in [2.75, 3.05) is 26.1 Å². The molecule has 0 aromatic carbocycles. The Morgan fingerprint density at radius 1 is 1.47 bits per heavy atom. The molecule has 2 N–H and O–H groups in total. The second-order valence-electron chi connectivity index (χ2n) is 3.59. The highest BCUT2D eigenvalue weighted by atomic mass is 16.5. The van der Waals surface area contributed by atoms with Crippen LogP contribution in [0.5, 0.6) is 0 Å². The lowest BCUT2D eigenvalue weighted by atomic mass is 10.2. The van der Waals surface area contributed by atoms with Crippen molar-refractivity contribution in [1.29, 1.82) is 0 Å². The van der Waals surface area contributed by atoms with E-state index in [1.54, 1.807) is 26.3 Å². The Balaban J connectivity index is 2.62. The summed E-state index contributed by atoms with van der Waals surface area (Å²) in [4.78, 5) is 11.8. The monoisotopic (exact) mass is 238 g/mol. The minimum atomic E-state index is -0.232. The van der Waals surface area contributed by atoms with E-state index in [1.165, 1.54) is 0 Å². The molecule has 0 spiro atoms. The summed E-state index contributed by atoms with van der Waals surface area (Å²) in [7, 11) is 3.35. The van der Waals surface area contributed by atoms with Gasteiger partial charge < -0.3 is 15.4 Å². The van der Waals surface area contributed by atoms with Crippen LogP contribution >= 0.6 is 0 Å². The average molecular weight is 238 g/mol. The lowest BCUT2D eigenvalue weighted by Gasteiger charge is -2.15. The summed E-state index contributed by atoms with van der Waals surface area (Å²) < 4.78 is 5.01. The lowest BCUT2D eigenvalue weighted by molar-refractivity contribution is 0.0888. The predicted octanol–water partition coefficient (Wildman–Crippen LogP) is 0.673. The van der Waals surface area contributed by atoms with E-state index in [4.69, 9.17) is 4.74 Å². The van der Waals surface area contributed by atoms with Crippen molar-refractivity contribution in [1.82, 2.24) is 15.5 Å². The van der Waals surface area contributed by atoms with Crippen molar-refractivity contribution in [2.45, 2.75) is 19.4 Å². The fraction of sp³-hybridized carbons (Fsp3) is 0.545. The molecule has 1 unspecified atom stereocenters. The number of nitrogens with zero attached hydrogens (tertiary/aromatic N) is 2. The molecule has 17 heavy (non-hydrogen) atoms. The van der Waals surface area contributed by atoms with Crippen molar-refractivity contribution in [3.8, 4) is 0 Å². The minimum absolute atomic E-state index is 0.00160. The molecule has 0 aliphatic carbocycles. The van der Waals surface area contributed by atoms with E-state index in [0.29, 0.717) is 18.1 Å². The summed E-state index contributed by atoms with van der Waals surface area (Å²) in [5, 5.41) is 13.4. The van der Waals surface area contributed by atoms with Crippen LogP contribution in [-0.2, 0) is 4.74 Å². The number of hydrogen-bond acceptors (Lipinski definition) is 5. The van der Waals surface area contributed by atoms with Gasteiger partial charge in [-0.3, -0.25) is 4.79 Å². The molecule has 1 atom stereocenters. The highest BCUT2D eigenvalue weighted by molar-refractivity contribution is 5.92. The third-order valence-corrected chi connectivity index (χ3v) is 2.35. The highest BCUT2D eigenvalue weighted by Gasteiger charge is 2.13. The molecule has 0 bridgehead atoms. The van der Waals surface area contributed by atoms with Gasteiger partial charge in [-0.25, -0.2) is 0 Å². The number of hydrogen-bond donors (Lipinski definition) is 2. The van der Waals surface area contributed by atoms with E-state index >= 15 is 0 Å². The Bertz CT molecular complexity index is 353. The summed E-state index contributed by atoms with van der Waals surface area (Å²) >= 11 is 0. The van der Waals surface area contributed by atoms with Crippen molar-refractivity contribution in [2.24, 2.45) is 0 Å². The Labute approximate surface area is 101 Å². The highest BCUT2D eigenvalue weighted by Crippen LogP contribution is 2.01. The third kappa shape index (κ3) is 3.99. The van der Waals surface area contributed by atoms with E-state index < -0.39 is 0 Å². The van der Waals surface area contributed by atoms with E-state index in [0.717, 1.165) is 6.42 Å². The number of amides is 1.